The third-order valence-electron chi connectivity index (χ3n) is 6.85. The molecule has 3 aromatic heterocycles. The number of hydrogen-bond acceptors (Lipinski definition) is 9. The molecule has 1 aliphatic rings. The van der Waals surface area contributed by atoms with Gasteiger partial charge in [0.2, 0.25) is 11.4 Å². The number of carbonyl (C=O) groups excluding carboxylic acids is 1. The molecule has 13 heteroatoms. The van der Waals surface area contributed by atoms with Crippen molar-refractivity contribution in [2.45, 2.75) is 0 Å². The maximum Gasteiger partial charge on any atom is 0.262 e. The zero-order valence-corrected chi connectivity index (χ0v) is 23.8. The monoisotopic (exact) mass is 615 g/mol. The predicted molar refractivity (Wildman–Crippen MR) is 162 cm³/mol. The molecule has 3 N–H and O–H groups in total. The molecule has 6 rings (SSSR count). The van der Waals surface area contributed by atoms with Gasteiger partial charge < -0.3 is 34.6 Å². The van der Waals surface area contributed by atoms with Crippen LogP contribution in [0.15, 0.2) is 78.0 Å². The zero-order chi connectivity index (χ0) is 31.2. The van der Waals surface area contributed by atoms with E-state index in [1.807, 2.05) is 0 Å². The number of nitrogens with zero attached hydrogens (tertiary/aromatic N) is 2. The summed E-state index contributed by atoms with van der Waals surface area (Å²) in [5.41, 5.74) is 0.948. The Morgan fingerprint density at radius 3 is 2.27 bits per heavy atom. The molecule has 0 unspecified atom stereocenters. The van der Waals surface area contributed by atoms with Gasteiger partial charge in [0.05, 0.1) is 37.6 Å². The van der Waals surface area contributed by atoms with Gasteiger partial charge in [-0.2, -0.15) is 4.39 Å². The number of ether oxygens (including phenoxy) is 4. The number of nitrogens with one attached hydrogen (secondary N) is 3. The normalized spacial score (nSPS) is 13.8. The Morgan fingerprint density at radius 1 is 0.822 bits per heavy atom. The molecule has 0 saturated heterocycles. The third-order valence-corrected chi connectivity index (χ3v) is 6.85. The van der Waals surface area contributed by atoms with Crippen LogP contribution in [-0.4, -0.2) is 60.5 Å². The van der Waals surface area contributed by atoms with Crippen molar-refractivity contribution in [3.05, 3.63) is 101 Å². The van der Waals surface area contributed by atoms with E-state index >= 15 is 4.39 Å². The van der Waals surface area contributed by atoms with Crippen LogP contribution in [0, 0.1) is 11.8 Å². The van der Waals surface area contributed by atoms with Crippen molar-refractivity contribution >= 4 is 34.0 Å². The lowest BCUT2D eigenvalue weighted by Gasteiger charge is -2.17. The third kappa shape index (κ3) is 6.89. The Labute approximate surface area is 255 Å². The highest BCUT2D eigenvalue weighted by Gasteiger charge is 2.17. The number of fused-ring (bicyclic) bond motifs is 2. The fourth-order valence-electron chi connectivity index (χ4n) is 4.65. The number of pyridine rings is 3. The van der Waals surface area contributed by atoms with Crippen LogP contribution in [0.2, 0.25) is 0 Å². The summed E-state index contributed by atoms with van der Waals surface area (Å²) in [4.78, 5) is 37.0. The van der Waals surface area contributed by atoms with Crippen LogP contribution < -0.4 is 25.5 Å². The summed E-state index contributed by atoms with van der Waals surface area (Å²) in [6.07, 6.45) is 4.22. The summed E-state index contributed by atoms with van der Waals surface area (Å²) in [5.74, 6) is -1.28. The van der Waals surface area contributed by atoms with Crippen molar-refractivity contribution in [1.82, 2.24) is 15.0 Å². The van der Waals surface area contributed by atoms with Crippen LogP contribution in [0.1, 0.15) is 10.4 Å². The van der Waals surface area contributed by atoms with Crippen molar-refractivity contribution in [2.75, 3.05) is 50.3 Å². The van der Waals surface area contributed by atoms with Gasteiger partial charge in [-0.3, -0.25) is 14.6 Å². The van der Waals surface area contributed by atoms with Gasteiger partial charge in [0.1, 0.15) is 30.4 Å². The van der Waals surface area contributed by atoms with Crippen LogP contribution >= 0.6 is 0 Å². The molecule has 1 amide bonds. The maximum absolute atomic E-state index is 15.2. The fraction of sp³-hybridized carbons (Fsp3) is 0.188. The molecule has 0 radical (unpaired) electrons. The SMILES string of the molecule is O=C(Nc1ccc(Nc2ccnc3cc4c(cc23)OCCOCCOCCO4)c(F)n1)c1c[nH]cc(-c2ccc(F)cc2)c1=O. The lowest BCUT2D eigenvalue weighted by molar-refractivity contribution is 0.0224. The molecule has 1 aliphatic heterocycles. The Morgan fingerprint density at radius 2 is 1.53 bits per heavy atom. The van der Waals surface area contributed by atoms with Gasteiger partial charge in [-0.15, -0.1) is 0 Å². The minimum atomic E-state index is -0.894. The predicted octanol–water partition coefficient (Wildman–Crippen LogP) is 5.06. The average Bonchev–Trinajstić information content (AvgIpc) is 3.03. The Bertz CT molecular complexity index is 1900. The number of carbonyl (C=O) groups is 1. The van der Waals surface area contributed by atoms with Crippen LogP contribution in [0.4, 0.5) is 26.0 Å². The van der Waals surface area contributed by atoms with E-state index in [0.717, 1.165) is 0 Å². The first-order chi connectivity index (χ1) is 22.0. The molecule has 45 heavy (non-hydrogen) atoms. The highest BCUT2D eigenvalue weighted by Crippen LogP contribution is 2.36. The summed E-state index contributed by atoms with van der Waals surface area (Å²) in [7, 11) is 0. The first kappa shape index (κ1) is 29.7. The number of aromatic nitrogens is 3. The summed E-state index contributed by atoms with van der Waals surface area (Å²) in [6.45, 7) is 2.28. The van der Waals surface area contributed by atoms with Crippen LogP contribution in [0.5, 0.6) is 11.5 Å². The van der Waals surface area contributed by atoms with Gasteiger partial charge in [-0.25, -0.2) is 9.37 Å². The van der Waals surface area contributed by atoms with Crippen molar-refractivity contribution in [1.29, 1.82) is 0 Å². The van der Waals surface area contributed by atoms with Crippen molar-refractivity contribution in [3.63, 3.8) is 0 Å². The van der Waals surface area contributed by atoms with E-state index in [2.05, 4.69) is 25.6 Å². The summed E-state index contributed by atoms with van der Waals surface area (Å²) in [6, 6.07) is 13.3. The standard InChI is InChI=1S/C32H27F2N5O6/c33-20-3-1-19(2-4-20)22-17-35-18-23(30(22)40)32(41)39-29-6-5-25(31(34)38-29)37-24-7-8-36-26-16-28-27(15-21(24)26)44-13-11-42-9-10-43-12-14-45-28/h1-8,15-18H,9-14H2,(H,35,40)(H,36,37)(H,38,39,41). The molecular formula is C32H27F2N5O6. The van der Waals surface area contributed by atoms with E-state index in [-0.39, 0.29) is 22.6 Å². The number of amides is 1. The molecule has 0 spiro atoms. The second-order valence-electron chi connectivity index (χ2n) is 9.83. The zero-order valence-electron chi connectivity index (χ0n) is 23.8. The number of halogens is 2. The lowest BCUT2D eigenvalue weighted by atomic mass is 10.1. The van der Waals surface area contributed by atoms with Gasteiger partial charge in [-0.1, -0.05) is 12.1 Å². The molecular weight excluding hydrogens is 588 g/mol. The van der Waals surface area contributed by atoms with Crippen LogP contribution in [0.25, 0.3) is 22.0 Å². The van der Waals surface area contributed by atoms with E-state index in [1.54, 1.807) is 24.4 Å². The number of aromatic amines is 1. The summed E-state index contributed by atoms with van der Waals surface area (Å²) >= 11 is 0. The molecule has 0 atom stereocenters. The molecule has 0 aliphatic carbocycles. The number of rotatable bonds is 5. The van der Waals surface area contributed by atoms with E-state index in [1.165, 1.54) is 48.8 Å². The minimum absolute atomic E-state index is 0.0344. The molecule has 0 bridgehead atoms. The highest BCUT2D eigenvalue weighted by molar-refractivity contribution is 6.04. The quantitative estimate of drug-likeness (QED) is 0.232. The molecule has 0 saturated carbocycles. The molecule has 230 valence electrons. The fourth-order valence-corrected chi connectivity index (χ4v) is 4.65. The molecule has 11 nitrogen and oxygen atoms in total. The number of benzene rings is 2. The number of hydrogen-bond donors (Lipinski definition) is 3. The van der Waals surface area contributed by atoms with Crippen molar-refractivity contribution in [2.24, 2.45) is 0 Å². The summed E-state index contributed by atoms with van der Waals surface area (Å²) < 4.78 is 51.3. The Balaban J connectivity index is 1.21. The molecule has 5 aromatic rings. The minimum Gasteiger partial charge on any atom is -0.487 e. The molecule has 4 heterocycles. The van der Waals surface area contributed by atoms with Crippen LogP contribution in [0.3, 0.4) is 0 Å². The number of H-pyrrole nitrogens is 1. The number of anilines is 3. The van der Waals surface area contributed by atoms with Gasteiger partial charge in [0.25, 0.3) is 5.91 Å². The van der Waals surface area contributed by atoms with E-state index in [4.69, 9.17) is 18.9 Å². The Hall–Kier alpha value is -5.40. The van der Waals surface area contributed by atoms with Gasteiger partial charge in [-0.05, 0) is 42.0 Å². The largest absolute Gasteiger partial charge is 0.487 e. The first-order valence-electron chi connectivity index (χ1n) is 14.0. The average molecular weight is 616 g/mol. The Kier molecular flexibility index (Phi) is 8.89. The highest BCUT2D eigenvalue weighted by atomic mass is 19.1. The molecule has 0 fully saturated rings. The van der Waals surface area contributed by atoms with E-state index < -0.39 is 23.1 Å². The smallest absolute Gasteiger partial charge is 0.262 e. The van der Waals surface area contributed by atoms with Crippen molar-refractivity contribution < 1.29 is 32.5 Å². The lowest BCUT2D eigenvalue weighted by Crippen LogP contribution is -2.23. The van der Waals surface area contributed by atoms with Gasteiger partial charge >= 0.3 is 0 Å². The second-order valence-corrected chi connectivity index (χ2v) is 9.83. The second kappa shape index (κ2) is 13.5. The van der Waals surface area contributed by atoms with E-state index in [0.29, 0.717) is 73.3 Å². The van der Waals surface area contributed by atoms with Gasteiger partial charge in [0.15, 0.2) is 11.5 Å². The van der Waals surface area contributed by atoms with E-state index in [9.17, 15) is 14.0 Å². The van der Waals surface area contributed by atoms with Crippen LogP contribution in [-0.2, 0) is 9.47 Å². The van der Waals surface area contributed by atoms with Crippen molar-refractivity contribution in [3.8, 4) is 22.6 Å². The summed E-state index contributed by atoms with van der Waals surface area (Å²) in [5, 5.41) is 6.12. The molecule has 2 aromatic carbocycles. The first-order valence-corrected chi connectivity index (χ1v) is 14.0. The topological polar surface area (TPSA) is 137 Å². The van der Waals surface area contributed by atoms with Gasteiger partial charge in [0, 0.05) is 41.3 Å². The maximum atomic E-state index is 15.2.